The molecule has 0 aliphatic carbocycles. The Kier molecular flexibility index (Phi) is 2.98. The molecule has 0 fully saturated rings. The summed E-state index contributed by atoms with van der Waals surface area (Å²) >= 11 is 9.63. The van der Waals surface area contributed by atoms with Crippen molar-refractivity contribution in [1.29, 1.82) is 0 Å². The van der Waals surface area contributed by atoms with Crippen molar-refractivity contribution >= 4 is 30.1 Å². The first-order valence-electron chi connectivity index (χ1n) is 2.70. The Bertz CT molecular complexity index is 330. The molecule has 1 aromatic heterocycles. The lowest BCUT2D eigenvalue weighted by atomic mass is 10.7. The van der Waals surface area contributed by atoms with E-state index in [2.05, 4.69) is 26.3 Å². The Labute approximate surface area is 78.3 Å². The number of rotatable bonds is 2. The molecule has 0 aromatic carbocycles. The fourth-order valence-electron chi connectivity index (χ4n) is 0.491. The fourth-order valence-corrected chi connectivity index (χ4v) is 1.19. The van der Waals surface area contributed by atoms with Gasteiger partial charge in [0.15, 0.2) is 5.15 Å². The van der Waals surface area contributed by atoms with Crippen molar-refractivity contribution in [1.82, 2.24) is 9.97 Å². The van der Waals surface area contributed by atoms with E-state index in [4.69, 9.17) is 21.4 Å². The summed E-state index contributed by atoms with van der Waals surface area (Å²) in [6.07, 6.45) is 2.46. The lowest BCUT2D eigenvalue weighted by molar-refractivity contribution is 0.364. The molecule has 1 rings (SSSR count). The second-order valence-corrected chi connectivity index (χ2v) is 4.74. The lowest BCUT2D eigenvalue weighted by Crippen LogP contribution is -1.93. The molecule has 0 bridgehead atoms. The van der Waals surface area contributed by atoms with E-state index in [9.17, 15) is 0 Å². The van der Waals surface area contributed by atoms with Crippen LogP contribution in [0.5, 0.6) is 5.88 Å². The first-order chi connectivity index (χ1) is 5.47. The Hall–Kier alpha value is -0.260. The summed E-state index contributed by atoms with van der Waals surface area (Å²) in [6.45, 7) is -3.74. The highest BCUT2D eigenvalue weighted by atomic mass is 35.5. The molecule has 0 spiro atoms. The van der Waals surface area contributed by atoms with Gasteiger partial charge in [-0.15, -0.1) is 0 Å². The summed E-state index contributed by atoms with van der Waals surface area (Å²) in [5.41, 5.74) is 0. The van der Waals surface area contributed by atoms with Gasteiger partial charge in [-0.05, 0) is 0 Å². The SMILES string of the molecule is OP(O)(=S)Oc1cncc(Cl)n1. The lowest BCUT2D eigenvalue weighted by Gasteiger charge is -2.07. The topological polar surface area (TPSA) is 75.5 Å². The smallest absolute Gasteiger partial charge is 0.376 e. The molecule has 12 heavy (non-hydrogen) atoms. The van der Waals surface area contributed by atoms with Crippen LogP contribution in [0.3, 0.4) is 0 Å². The number of halogens is 1. The Morgan fingerprint density at radius 2 is 2.17 bits per heavy atom. The van der Waals surface area contributed by atoms with Gasteiger partial charge in [-0.1, -0.05) is 11.6 Å². The highest BCUT2D eigenvalue weighted by Gasteiger charge is 2.11. The predicted octanol–water partition coefficient (Wildman–Crippen LogP) is 0.718. The van der Waals surface area contributed by atoms with Gasteiger partial charge in [-0.25, -0.2) is 0 Å². The van der Waals surface area contributed by atoms with Crippen molar-refractivity contribution in [2.45, 2.75) is 0 Å². The molecule has 0 saturated heterocycles. The van der Waals surface area contributed by atoms with Crippen LogP contribution in [0.15, 0.2) is 12.4 Å². The molecule has 8 heteroatoms. The summed E-state index contributed by atoms with van der Waals surface area (Å²) < 4.78 is 4.46. The minimum absolute atomic E-state index is 0.0935. The van der Waals surface area contributed by atoms with Gasteiger partial charge in [0.1, 0.15) is 0 Å². The second-order valence-electron chi connectivity index (χ2n) is 1.76. The number of hydrogen-bond donors (Lipinski definition) is 2. The molecule has 0 saturated carbocycles. The average Bonchev–Trinajstić information content (AvgIpc) is 1.82. The van der Waals surface area contributed by atoms with Crippen LogP contribution in [0.25, 0.3) is 0 Å². The first-order valence-corrected chi connectivity index (χ1v) is 5.70. The summed E-state index contributed by atoms with van der Waals surface area (Å²) in [7, 11) is 0. The Morgan fingerprint density at radius 1 is 1.50 bits per heavy atom. The van der Waals surface area contributed by atoms with Gasteiger partial charge in [0.2, 0.25) is 5.88 Å². The molecule has 1 aromatic rings. The molecule has 66 valence electrons. The fraction of sp³-hybridized carbons (Fsp3) is 0. The minimum atomic E-state index is -3.74. The van der Waals surface area contributed by atoms with Crippen LogP contribution in [0.4, 0.5) is 0 Å². The van der Waals surface area contributed by atoms with Crippen molar-refractivity contribution in [3.63, 3.8) is 0 Å². The van der Waals surface area contributed by atoms with Gasteiger partial charge >= 0.3 is 6.72 Å². The van der Waals surface area contributed by atoms with Crippen molar-refractivity contribution in [2.75, 3.05) is 0 Å². The second kappa shape index (κ2) is 3.64. The normalized spacial score (nSPS) is 11.2. The third-order valence-electron chi connectivity index (χ3n) is 0.795. The van der Waals surface area contributed by atoms with E-state index >= 15 is 0 Å². The van der Waals surface area contributed by atoms with Gasteiger partial charge in [0.25, 0.3) is 0 Å². The third kappa shape index (κ3) is 3.42. The maximum Gasteiger partial charge on any atom is 0.376 e. The number of nitrogens with zero attached hydrogens (tertiary/aromatic N) is 2. The largest absolute Gasteiger partial charge is 0.404 e. The maximum absolute atomic E-state index is 8.71. The molecular formula is C4H4ClN2O3PS. The van der Waals surface area contributed by atoms with Gasteiger partial charge in [0, 0.05) is 11.8 Å². The van der Waals surface area contributed by atoms with Crippen molar-refractivity contribution in [3.8, 4) is 5.88 Å². The maximum atomic E-state index is 8.71. The average molecular weight is 227 g/mol. The molecule has 2 N–H and O–H groups in total. The minimum Gasteiger partial charge on any atom is -0.404 e. The highest BCUT2D eigenvalue weighted by molar-refractivity contribution is 8.06. The van der Waals surface area contributed by atoms with E-state index in [1.165, 1.54) is 12.4 Å². The highest BCUT2D eigenvalue weighted by Crippen LogP contribution is 2.36. The molecular weight excluding hydrogens is 223 g/mol. The first kappa shape index (κ1) is 9.83. The van der Waals surface area contributed by atoms with Gasteiger partial charge in [-0.2, -0.15) is 4.98 Å². The van der Waals surface area contributed by atoms with Crippen LogP contribution < -0.4 is 4.52 Å². The standard InChI is InChI=1S/C4H4ClN2O3PS/c5-3-1-6-2-4(7-3)10-11(8,9)12/h1-2H,(H2,8,9,12). The molecule has 0 aliphatic heterocycles. The number of hydrogen-bond acceptors (Lipinski definition) is 4. The number of aromatic nitrogens is 2. The Balaban J connectivity index is 2.84. The molecule has 0 unspecified atom stereocenters. The summed E-state index contributed by atoms with van der Waals surface area (Å²) in [4.78, 5) is 24.6. The third-order valence-corrected chi connectivity index (χ3v) is 1.63. The van der Waals surface area contributed by atoms with E-state index in [-0.39, 0.29) is 11.0 Å². The molecule has 0 radical (unpaired) electrons. The van der Waals surface area contributed by atoms with Crippen LogP contribution in [0.2, 0.25) is 5.15 Å². The summed E-state index contributed by atoms with van der Waals surface area (Å²) in [5, 5.41) is 0.0935. The van der Waals surface area contributed by atoms with E-state index in [1.807, 2.05) is 0 Å². The van der Waals surface area contributed by atoms with Crippen LogP contribution in [-0.4, -0.2) is 19.8 Å². The van der Waals surface area contributed by atoms with E-state index in [0.29, 0.717) is 0 Å². The van der Waals surface area contributed by atoms with Crippen LogP contribution in [-0.2, 0) is 11.8 Å². The van der Waals surface area contributed by atoms with Crippen LogP contribution in [0.1, 0.15) is 0 Å². The molecule has 0 aliphatic rings. The van der Waals surface area contributed by atoms with Gasteiger partial charge < -0.3 is 14.3 Å². The molecule has 0 atom stereocenters. The monoisotopic (exact) mass is 226 g/mol. The summed E-state index contributed by atoms with van der Waals surface area (Å²) in [5.74, 6) is -0.101. The Morgan fingerprint density at radius 3 is 2.67 bits per heavy atom. The predicted molar refractivity (Wildman–Crippen MR) is 46.4 cm³/mol. The molecule has 1 heterocycles. The molecule has 0 amide bonds. The van der Waals surface area contributed by atoms with Gasteiger partial charge in [-0.3, -0.25) is 4.98 Å². The van der Waals surface area contributed by atoms with Crippen molar-refractivity contribution in [3.05, 3.63) is 17.5 Å². The van der Waals surface area contributed by atoms with E-state index in [1.54, 1.807) is 0 Å². The zero-order valence-electron chi connectivity index (χ0n) is 5.59. The van der Waals surface area contributed by atoms with Crippen molar-refractivity contribution in [2.24, 2.45) is 0 Å². The van der Waals surface area contributed by atoms with Gasteiger partial charge in [0.05, 0.1) is 12.4 Å². The zero-order chi connectivity index (χ0) is 9.19. The van der Waals surface area contributed by atoms with E-state index < -0.39 is 6.72 Å². The summed E-state index contributed by atoms with van der Waals surface area (Å²) in [6, 6.07) is 0. The zero-order valence-corrected chi connectivity index (χ0v) is 8.05. The van der Waals surface area contributed by atoms with Crippen LogP contribution >= 0.6 is 18.3 Å². The van der Waals surface area contributed by atoms with E-state index in [0.717, 1.165) is 0 Å². The quantitative estimate of drug-likeness (QED) is 0.724. The van der Waals surface area contributed by atoms with Crippen molar-refractivity contribution < 1.29 is 14.3 Å². The molecule has 5 nitrogen and oxygen atoms in total. The van der Waals surface area contributed by atoms with Crippen LogP contribution in [0, 0.1) is 0 Å².